The average Bonchev–Trinajstić information content (AvgIpc) is 2.03. The minimum absolute atomic E-state index is 0. The van der Waals surface area contributed by atoms with Gasteiger partial charge in [-0.25, -0.2) is 0 Å². The minimum atomic E-state index is -0.335. The first kappa shape index (κ1) is 12.5. The number of ketones is 1. The molecule has 1 aromatic rings. The molecule has 0 atom stereocenters. The zero-order chi connectivity index (χ0) is 9.14. The van der Waals surface area contributed by atoms with Crippen LogP contribution in [-0.2, 0) is 32.7 Å². The Bertz CT molecular complexity index is 314. The maximum atomic E-state index is 11.0. The summed E-state index contributed by atoms with van der Waals surface area (Å²) in [5.41, 5.74) is -0.0139. The van der Waals surface area contributed by atoms with Crippen molar-refractivity contribution in [3.8, 4) is 5.75 Å². The standard InChI is InChI=1S/C8H8NO3.Y/c1-6(10)8-7(12-2)4-3-5-9(8)11;/h3,5H,1-2H3;/q-1;. The Labute approximate surface area is 101 Å². The number of nitrogens with zero attached hydrogens (tertiary/aromatic N) is 1. The zero-order valence-electron chi connectivity index (χ0n) is 7.40. The molecule has 1 aromatic heterocycles. The topological polar surface area (TPSA) is 53.2 Å². The van der Waals surface area contributed by atoms with Gasteiger partial charge in [-0.2, -0.15) is 0 Å². The molecule has 0 spiro atoms. The molecule has 1 heterocycles. The van der Waals surface area contributed by atoms with Crippen molar-refractivity contribution in [2.24, 2.45) is 0 Å². The van der Waals surface area contributed by atoms with Crippen LogP contribution in [0.25, 0.3) is 0 Å². The zero-order valence-corrected chi connectivity index (χ0v) is 10.2. The van der Waals surface area contributed by atoms with Gasteiger partial charge in [0.2, 0.25) is 0 Å². The molecule has 4 nitrogen and oxygen atoms in total. The van der Waals surface area contributed by atoms with Crippen LogP contribution in [0.5, 0.6) is 5.75 Å². The maximum Gasteiger partial charge on any atom is 0.193 e. The summed E-state index contributed by atoms with van der Waals surface area (Å²) < 4.78 is 5.26. The van der Waals surface area contributed by atoms with Crippen LogP contribution in [0.15, 0.2) is 12.3 Å². The van der Waals surface area contributed by atoms with Crippen LogP contribution in [0.2, 0.25) is 0 Å². The molecule has 1 rings (SSSR count). The first-order chi connectivity index (χ1) is 5.66. The Balaban J connectivity index is 0.00000144. The fourth-order valence-corrected chi connectivity index (χ4v) is 0.894. The first-order valence-electron chi connectivity index (χ1n) is 3.35. The third-order valence-corrected chi connectivity index (χ3v) is 1.40. The Kier molecular flexibility index (Phi) is 5.10. The molecule has 1 radical (unpaired) electrons. The van der Waals surface area contributed by atoms with Crippen LogP contribution in [0.3, 0.4) is 0 Å². The number of aromatic nitrogens is 1. The van der Waals surface area contributed by atoms with E-state index in [0.29, 0.717) is 4.73 Å². The van der Waals surface area contributed by atoms with Gasteiger partial charge >= 0.3 is 0 Å². The van der Waals surface area contributed by atoms with Gasteiger partial charge in [0.05, 0.1) is 19.1 Å². The van der Waals surface area contributed by atoms with Gasteiger partial charge < -0.3 is 14.7 Å². The Hall–Kier alpha value is -0.476. The van der Waals surface area contributed by atoms with Gasteiger partial charge in [-0.05, 0) is 6.92 Å². The summed E-state index contributed by atoms with van der Waals surface area (Å²) in [5, 5.41) is 11.0. The molecular formula is C8H8NO3Y-. The Morgan fingerprint density at radius 2 is 2.31 bits per heavy atom. The molecule has 0 N–H and O–H groups in total. The average molecular weight is 255 g/mol. The summed E-state index contributed by atoms with van der Waals surface area (Å²) in [5.74, 6) is -0.154. The number of Topliss-reactive ketones (excluding diaryl/α,β-unsaturated/α-hetero) is 1. The van der Waals surface area contributed by atoms with Crippen LogP contribution in [0.1, 0.15) is 17.4 Å². The van der Waals surface area contributed by atoms with E-state index in [1.54, 1.807) is 0 Å². The molecule has 0 aliphatic rings. The van der Waals surface area contributed by atoms with Gasteiger partial charge in [-0.3, -0.25) is 4.73 Å². The fraction of sp³-hybridized carbons (Fsp3) is 0.250. The summed E-state index contributed by atoms with van der Waals surface area (Å²) in [7, 11) is 1.39. The van der Waals surface area contributed by atoms with Crippen molar-refractivity contribution in [3.05, 3.63) is 29.2 Å². The second-order valence-electron chi connectivity index (χ2n) is 2.22. The molecule has 67 valence electrons. The molecule has 0 unspecified atom stereocenters. The minimum Gasteiger partial charge on any atom is -0.640 e. The van der Waals surface area contributed by atoms with Crippen LogP contribution < -0.4 is 9.47 Å². The number of rotatable bonds is 2. The van der Waals surface area contributed by atoms with E-state index in [2.05, 4.69) is 6.07 Å². The van der Waals surface area contributed by atoms with E-state index in [9.17, 15) is 10.0 Å². The van der Waals surface area contributed by atoms with E-state index >= 15 is 0 Å². The van der Waals surface area contributed by atoms with E-state index in [1.165, 1.54) is 26.3 Å². The van der Waals surface area contributed by atoms with Crippen molar-refractivity contribution >= 4 is 5.78 Å². The van der Waals surface area contributed by atoms with Crippen LogP contribution in [-0.4, -0.2) is 12.9 Å². The molecular weight excluding hydrogens is 247 g/mol. The molecule has 0 saturated carbocycles. The predicted octanol–water partition coefficient (Wildman–Crippen LogP) is 0.329. The third kappa shape index (κ3) is 2.74. The number of pyridine rings is 1. The number of ether oxygens (including phenoxy) is 1. The van der Waals surface area contributed by atoms with Gasteiger partial charge in [0.15, 0.2) is 11.5 Å². The van der Waals surface area contributed by atoms with Crippen LogP contribution >= 0.6 is 0 Å². The van der Waals surface area contributed by atoms with E-state index in [1.807, 2.05) is 0 Å². The number of carbonyl (C=O) groups is 1. The second kappa shape index (κ2) is 5.30. The molecule has 0 saturated heterocycles. The molecule has 0 aliphatic heterocycles. The van der Waals surface area contributed by atoms with E-state index in [-0.39, 0.29) is 49.9 Å². The number of carbonyl (C=O) groups excluding carboxylic acids is 1. The van der Waals surface area contributed by atoms with Crippen LogP contribution in [0, 0.1) is 11.3 Å². The Morgan fingerprint density at radius 3 is 2.69 bits per heavy atom. The first-order valence-corrected chi connectivity index (χ1v) is 3.35. The smallest absolute Gasteiger partial charge is 0.193 e. The van der Waals surface area contributed by atoms with Gasteiger partial charge in [0.1, 0.15) is 0 Å². The molecule has 0 fully saturated rings. The van der Waals surface area contributed by atoms with E-state index in [0.717, 1.165) is 0 Å². The second-order valence-corrected chi connectivity index (χ2v) is 2.22. The summed E-state index contributed by atoms with van der Waals surface area (Å²) in [6.07, 6.45) is 1.21. The van der Waals surface area contributed by atoms with Gasteiger partial charge in [-0.1, -0.05) is 0 Å². The van der Waals surface area contributed by atoms with Crippen LogP contribution in [0.4, 0.5) is 0 Å². The maximum absolute atomic E-state index is 11.0. The van der Waals surface area contributed by atoms with Crippen molar-refractivity contribution < 1.29 is 47.0 Å². The van der Waals surface area contributed by atoms with Gasteiger partial charge in [0.25, 0.3) is 0 Å². The number of hydrogen-bond acceptors (Lipinski definition) is 3. The summed E-state index contributed by atoms with van der Waals surface area (Å²) in [6, 6.07) is 4.05. The molecule has 0 aliphatic carbocycles. The summed E-state index contributed by atoms with van der Waals surface area (Å²) in [4.78, 5) is 10.9. The molecule has 0 aromatic carbocycles. The SMILES string of the molecule is COc1[c-]cc[n+]([O-])c1C(C)=O.[Y]. The van der Waals surface area contributed by atoms with Crippen molar-refractivity contribution in [1.82, 2.24) is 0 Å². The summed E-state index contributed by atoms with van der Waals surface area (Å²) in [6.45, 7) is 1.31. The number of hydrogen-bond donors (Lipinski definition) is 0. The number of methoxy groups -OCH3 is 1. The van der Waals surface area contributed by atoms with Crippen molar-refractivity contribution in [2.75, 3.05) is 7.11 Å². The van der Waals surface area contributed by atoms with Gasteiger partial charge in [0, 0.05) is 32.7 Å². The molecule has 0 bridgehead atoms. The van der Waals surface area contributed by atoms with Gasteiger partial charge in [-0.15, -0.1) is 12.1 Å². The van der Waals surface area contributed by atoms with Crippen molar-refractivity contribution in [1.29, 1.82) is 0 Å². The molecule has 0 amide bonds. The quantitative estimate of drug-likeness (QED) is 0.331. The summed E-state index contributed by atoms with van der Waals surface area (Å²) >= 11 is 0. The molecule has 5 heteroatoms. The van der Waals surface area contributed by atoms with Crippen molar-refractivity contribution in [2.45, 2.75) is 6.92 Å². The Morgan fingerprint density at radius 1 is 1.69 bits per heavy atom. The van der Waals surface area contributed by atoms with Crippen molar-refractivity contribution in [3.63, 3.8) is 0 Å². The normalized spacial score (nSPS) is 8.77. The third-order valence-electron chi connectivity index (χ3n) is 1.40. The molecule has 13 heavy (non-hydrogen) atoms. The van der Waals surface area contributed by atoms with E-state index < -0.39 is 0 Å². The largest absolute Gasteiger partial charge is 0.640 e. The monoisotopic (exact) mass is 255 g/mol. The fourth-order valence-electron chi connectivity index (χ4n) is 0.894. The van der Waals surface area contributed by atoms with E-state index in [4.69, 9.17) is 4.74 Å². The predicted molar refractivity (Wildman–Crippen MR) is 40.8 cm³/mol.